The molecule has 0 spiro atoms. The highest BCUT2D eigenvalue weighted by Crippen LogP contribution is 2.13. The summed E-state index contributed by atoms with van der Waals surface area (Å²) in [6.45, 7) is 7.78. The monoisotopic (exact) mass is 360 g/mol. The highest BCUT2D eigenvalue weighted by atomic mass is 14.0. The van der Waals surface area contributed by atoms with Crippen molar-refractivity contribution >= 4 is 0 Å². The van der Waals surface area contributed by atoms with Crippen LogP contribution in [0.4, 0.5) is 0 Å². The van der Waals surface area contributed by atoms with Crippen molar-refractivity contribution in [1.82, 2.24) is 0 Å². The van der Waals surface area contributed by atoms with Gasteiger partial charge in [-0.05, 0) is 12.8 Å². The van der Waals surface area contributed by atoms with Crippen molar-refractivity contribution < 1.29 is 0 Å². The number of unbranched alkanes of at least 4 members (excludes halogenated alkanes) is 20. The third kappa shape index (κ3) is 23.6. The van der Waals surface area contributed by atoms with Crippen molar-refractivity contribution in [3.63, 3.8) is 0 Å². The third-order valence-corrected chi connectivity index (χ3v) is 5.23. The molecule has 152 valence electrons. The van der Waals surface area contributed by atoms with E-state index in [1.165, 1.54) is 116 Å². The van der Waals surface area contributed by atoms with Crippen LogP contribution in [0.15, 0.2) is 0 Å². The number of rotatable bonds is 20. The van der Waals surface area contributed by atoms with Crippen molar-refractivity contribution in [3.05, 3.63) is 13.8 Å². The second-order valence-electron chi connectivity index (χ2n) is 7.92. The standard InChI is InChI=1S/C26H48/c1-3-5-7-9-11-13-15-17-19-21-23-25-26-24-22-20-18-16-14-12-10-8-6-4-2/h1-15,17,19-26H2. The molecule has 0 aromatic rings. The van der Waals surface area contributed by atoms with Gasteiger partial charge in [0.1, 0.15) is 0 Å². The van der Waals surface area contributed by atoms with Gasteiger partial charge >= 0.3 is 0 Å². The van der Waals surface area contributed by atoms with Gasteiger partial charge < -0.3 is 0 Å². The first kappa shape index (κ1) is 25.6. The van der Waals surface area contributed by atoms with Crippen molar-refractivity contribution in [1.29, 1.82) is 0 Å². The van der Waals surface area contributed by atoms with E-state index in [9.17, 15) is 0 Å². The van der Waals surface area contributed by atoms with E-state index in [1.807, 2.05) is 0 Å². The Morgan fingerprint density at radius 3 is 0.808 bits per heavy atom. The van der Waals surface area contributed by atoms with Gasteiger partial charge in [-0.3, -0.25) is 0 Å². The lowest BCUT2D eigenvalue weighted by molar-refractivity contribution is 0.534. The summed E-state index contributed by atoms with van der Waals surface area (Å²) in [6, 6.07) is 0. The van der Waals surface area contributed by atoms with Gasteiger partial charge in [-0.15, -0.1) is 11.8 Å². The van der Waals surface area contributed by atoms with Crippen LogP contribution in [-0.2, 0) is 0 Å². The van der Waals surface area contributed by atoms with Gasteiger partial charge in [0.15, 0.2) is 0 Å². The van der Waals surface area contributed by atoms with E-state index in [0.29, 0.717) is 0 Å². The molecule has 0 saturated heterocycles. The Balaban J connectivity index is 3.05. The zero-order chi connectivity index (χ0) is 19.0. The van der Waals surface area contributed by atoms with Crippen molar-refractivity contribution in [3.8, 4) is 11.8 Å². The number of hydrogen-bond acceptors (Lipinski definition) is 0. The third-order valence-electron chi connectivity index (χ3n) is 5.23. The van der Waals surface area contributed by atoms with E-state index >= 15 is 0 Å². The fourth-order valence-corrected chi connectivity index (χ4v) is 3.43. The predicted molar refractivity (Wildman–Crippen MR) is 120 cm³/mol. The molecule has 0 saturated carbocycles. The van der Waals surface area contributed by atoms with Crippen LogP contribution < -0.4 is 0 Å². The molecule has 0 aromatic carbocycles. The second kappa shape index (κ2) is 24.6. The molecular formula is C26H48. The lowest BCUT2D eigenvalue weighted by Gasteiger charge is -2.03. The number of hydrogen-bond donors (Lipinski definition) is 0. The van der Waals surface area contributed by atoms with Gasteiger partial charge in [0.25, 0.3) is 0 Å². The molecule has 0 heteroatoms. The fraction of sp³-hybridized carbons (Fsp3) is 0.846. The van der Waals surface area contributed by atoms with Gasteiger partial charge in [-0.1, -0.05) is 129 Å². The van der Waals surface area contributed by atoms with Crippen LogP contribution >= 0.6 is 0 Å². The topological polar surface area (TPSA) is 0 Å². The van der Waals surface area contributed by atoms with Gasteiger partial charge in [0.05, 0.1) is 0 Å². The maximum absolute atomic E-state index is 3.90. The van der Waals surface area contributed by atoms with E-state index in [4.69, 9.17) is 0 Å². The van der Waals surface area contributed by atoms with Crippen LogP contribution in [0.1, 0.15) is 141 Å². The molecule has 0 rings (SSSR count). The van der Waals surface area contributed by atoms with Gasteiger partial charge in [0, 0.05) is 12.8 Å². The Morgan fingerprint density at radius 1 is 0.308 bits per heavy atom. The molecule has 0 unspecified atom stereocenters. The summed E-state index contributed by atoms with van der Waals surface area (Å²) in [5.74, 6) is 6.70. The average Bonchev–Trinajstić information content (AvgIpc) is 2.66. The minimum Gasteiger partial charge on any atom is -0.103 e. The first-order chi connectivity index (χ1) is 12.9. The van der Waals surface area contributed by atoms with E-state index in [2.05, 4.69) is 25.7 Å². The Kier molecular flexibility index (Phi) is 24.1. The molecule has 0 nitrogen and oxygen atoms in total. The van der Waals surface area contributed by atoms with Gasteiger partial charge in [0.2, 0.25) is 0 Å². The molecule has 0 aromatic heterocycles. The second-order valence-corrected chi connectivity index (χ2v) is 7.92. The average molecular weight is 361 g/mol. The zero-order valence-electron chi connectivity index (χ0n) is 18.0. The van der Waals surface area contributed by atoms with Crippen molar-refractivity contribution in [2.75, 3.05) is 0 Å². The Bertz CT molecular complexity index is 293. The molecule has 0 atom stereocenters. The first-order valence-electron chi connectivity index (χ1n) is 12.0. The smallest absolute Gasteiger partial charge is 0.00886 e. The van der Waals surface area contributed by atoms with E-state index in [-0.39, 0.29) is 0 Å². The summed E-state index contributed by atoms with van der Waals surface area (Å²) in [5.41, 5.74) is 0. The van der Waals surface area contributed by atoms with Crippen LogP contribution in [0, 0.1) is 25.7 Å². The Hall–Kier alpha value is -0.440. The highest BCUT2D eigenvalue weighted by Gasteiger charge is 1.94. The molecule has 0 bridgehead atoms. The van der Waals surface area contributed by atoms with Crippen LogP contribution in [-0.4, -0.2) is 0 Å². The Morgan fingerprint density at radius 2 is 0.538 bits per heavy atom. The van der Waals surface area contributed by atoms with Crippen molar-refractivity contribution in [2.24, 2.45) is 0 Å². The normalized spacial score (nSPS) is 10.7. The minimum absolute atomic E-state index is 1.09. The summed E-state index contributed by atoms with van der Waals surface area (Å²) in [7, 11) is 0. The maximum Gasteiger partial charge on any atom is 0.00886 e. The molecule has 2 radical (unpaired) electrons. The van der Waals surface area contributed by atoms with Gasteiger partial charge in [-0.25, -0.2) is 0 Å². The molecule has 0 aliphatic rings. The van der Waals surface area contributed by atoms with E-state index in [0.717, 1.165) is 25.7 Å². The lowest BCUT2D eigenvalue weighted by Crippen LogP contribution is -1.83. The predicted octanol–water partition coefficient (Wildman–Crippen LogP) is 9.24. The fourth-order valence-electron chi connectivity index (χ4n) is 3.43. The minimum atomic E-state index is 1.09. The largest absolute Gasteiger partial charge is 0.103 e. The van der Waals surface area contributed by atoms with Crippen LogP contribution in [0.3, 0.4) is 0 Å². The molecule has 0 fully saturated rings. The van der Waals surface area contributed by atoms with E-state index in [1.54, 1.807) is 0 Å². The maximum atomic E-state index is 3.90. The summed E-state index contributed by atoms with van der Waals surface area (Å²) >= 11 is 0. The van der Waals surface area contributed by atoms with Crippen molar-refractivity contribution in [2.45, 2.75) is 141 Å². The SMILES string of the molecule is [CH2]CCCCCCC#CCCCCCCCCCCCCCCCC[CH2]. The molecule has 0 aliphatic carbocycles. The molecular weight excluding hydrogens is 312 g/mol. The highest BCUT2D eigenvalue weighted by molar-refractivity contribution is 4.98. The summed E-state index contributed by atoms with van der Waals surface area (Å²) < 4.78 is 0. The molecule has 0 N–H and O–H groups in total. The quantitative estimate of drug-likeness (QED) is 0.150. The summed E-state index contributed by atoms with van der Waals surface area (Å²) in [6.07, 6.45) is 29.5. The van der Waals surface area contributed by atoms with Crippen LogP contribution in [0.2, 0.25) is 0 Å². The molecule has 0 heterocycles. The van der Waals surface area contributed by atoms with Crippen LogP contribution in [0.25, 0.3) is 0 Å². The molecule has 26 heavy (non-hydrogen) atoms. The first-order valence-corrected chi connectivity index (χ1v) is 12.0. The Labute approximate surface area is 167 Å². The molecule has 0 aliphatic heterocycles. The molecule has 0 amide bonds. The lowest BCUT2D eigenvalue weighted by atomic mass is 10.0. The van der Waals surface area contributed by atoms with Crippen LogP contribution in [0.5, 0.6) is 0 Å². The van der Waals surface area contributed by atoms with Gasteiger partial charge in [-0.2, -0.15) is 0 Å². The summed E-state index contributed by atoms with van der Waals surface area (Å²) in [5, 5.41) is 0. The summed E-state index contributed by atoms with van der Waals surface area (Å²) in [4.78, 5) is 0. The zero-order valence-corrected chi connectivity index (χ0v) is 18.0. The van der Waals surface area contributed by atoms with E-state index < -0.39 is 0 Å².